The monoisotopic (exact) mass is 183 g/mol. The van der Waals surface area contributed by atoms with Gasteiger partial charge < -0.3 is 5.11 Å². The van der Waals surface area contributed by atoms with Gasteiger partial charge in [0.1, 0.15) is 0 Å². The number of hydrazone groups is 1. The fourth-order valence-electron chi connectivity index (χ4n) is 0.833. The van der Waals surface area contributed by atoms with Gasteiger partial charge in [0.05, 0.1) is 11.8 Å². The van der Waals surface area contributed by atoms with Gasteiger partial charge in [-0.2, -0.15) is 5.10 Å². The predicted octanol–water partition coefficient (Wildman–Crippen LogP) is 0.606. The van der Waals surface area contributed by atoms with E-state index >= 15 is 0 Å². The van der Waals surface area contributed by atoms with Crippen molar-refractivity contribution in [1.82, 2.24) is 9.53 Å². The summed E-state index contributed by atoms with van der Waals surface area (Å²) in [5.41, 5.74) is 0.179. The molecule has 2 aliphatic heterocycles. The number of carboxylic acid groups (broad SMARTS) is 1. The Hall–Kier alpha value is -1.43. The van der Waals surface area contributed by atoms with E-state index in [9.17, 15) is 4.79 Å². The number of nitrogens with zero attached hydrogens (tertiary/aromatic N) is 3. The molecule has 1 N–H and O–H groups in total. The Labute approximate surface area is 72.7 Å². The molecule has 0 aromatic carbocycles. The van der Waals surface area contributed by atoms with Crippen LogP contribution < -0.4 is 0 Å². The van der Waals surface area contributed by atoms with Crippen molar-refractivity contribution < 1.29 is 9.90 Å². The first-order chi connectivity index (χ1) is 5.77. The van der Waals surface area contributed by atoms with Gasteiger partial charge in [-0.3, -0.25) is 0 Å². The van der Waals surface area contributed by atoms with E-state index in [-0.39, 0.29) is 5.57 Å². The Kier molecular flexibility index (Phi) is 1.54. The Morgan fingerprint density at radius 3 is 3.25 bits per heavy atom. The molecule has 2 aliphatic rings. The zero-order valence-corrected chi connectivity index (χ0v) is 6.73. The van der Waals surface area contributed by atoms with Gasteiger partial charge in [0.15, 0.2) is 0 Å². The number of aliphatic carboxylic acids is 1. The molecule has 0 fully saturated rings. The number of rotatable bonds is 1. The first-order valence-electron chi connectivity index (χ1n) is 3.18. The Balaban J connectivity index is 2.25. The van der Waals surface area contributed by atoms with Crippen LogP contribution in [0.25, 0.3) is 0 Å². The van der Waals surface area contributed by atoms with Crippen molar-refractivity contribution in [3.05, 3.63) is 23.4 Å². The summed E-state index contributed by atoms with van der Waals surface area (Å²) >= 11 is 1.38. The van der Waals surface area contributed by atoms with E-state index in [4.69, 9.17) is 5.11 Å². The van der Waals surface area contributed by atoms with Crippen LogP contribution in [0, 0.1) is 0 Å². The van der Waals surface area contributed by atoms with Crippen molar-refractivity contribution in [2.75, 3.05) is 0 Å². The molecule has 62 valence electrons. The lowest BCUT2D eigenvalue weighted by Crippen LogP contribution is -2.26. The summed E-state index contributed by atoms with van der Waals surface area (Å²) in [4.78, 5) is 10.5. The van der Waals surface area contributed by atoms with E-state index in [1.165, 1.54) is 24.4 Å². The van der Waals surface area contributed by atoms with Gasteiger partial charge in [-0.1, -0.05) is 0 Å². The molecule has 5 nitrogen and oxygen atoms in total. The maximum absolute atomic E-state index is 10.5. The van der Waals surface area contributed by atoms with Crippen molar-refractivity contribution >= 4 is 24.1 Å². The summed E-state index contributed by atoms with van der Waals surface area (Å²) in [5.74, 6) is -0.969. The highest BCUT2D eigenvalue weighted by atomic mass is 32.2. The maximum atomic E-state index is 10.5. The van der Waals surface area contributed by atoms with E-state index in [1.807, 2.05) is 5.41 Å². The molecule has 0 radical (unpaired) electrons. The summed E-state index contributed by atoms with van der Waals surface area (Å²) in [6.45, 7) is 0. The van der Waals surface area contributed by atoms with Gasteiger partial charge in [0.2, 0.25) is 0 Å². The first kappa shape index (κ1) is 7.23. The van der Waals surface area contributed by atoms with Crippen molar-refractivity contribution in [2.24, 2.45) is 5.10 Å². The molecule has 0 aromatic heterocycles. The Morgan fingerprint density at radius 1 is 1.67 bits per heavy atom. The molecule has 0 saturated carbocycles. The SMILES string of the molecule is O=C(O)C1=CN2C=CSN2N=C1. The quantitative estimate of drug-likeness (QED) is 0.603. The molecule has 0 atom stereocenters. The lowest BCUT2D eigenvalue weighted by atomic mass is 10.3. The molecule has 0 aliphatic carbocycles. The van der Waals surface area contributed by atoms with E-state index in [0.29, 0.717) is 0 Å². The normalized spacial score (nSPS) is 19.5. The van der Waals surface area contributed by atoms with Crippen molar-refractivity contribution in [1.29, 1.82) is 0 Å². The van der Waals surface area contributed by atoms with Crippen LogP contribution in [0.3, 0.4) is 0 Å². The fourth-order valence-corrected chi connectivity index (χ4v) is 1.43. The number of hydrazine groups is 1. The van der Waals surface area contributed by atoms with Crippen molar-refractivity contribution in [3.8, 4) is 0 Å². The van der Waals surface area contributed by atoms with E-state index in [0.717, 1.165) is 0 Å². The lowest BCUT2D eigenvalue weighted by Gasteiger charge is -2.23. The van der Waals surface area contributed by atoms with E-state index in [2.05, 4.69) is 5.10 Å². The van der Waals surface area contributed by atoms with Gasteiger partial charge in [0, 0.05) is 29.8 Å². The van der Waals surface area contributed by atoms with E-state index < -0.39 is 5.97 Å². The fraction of sp³-hybridized carbons (Fsp3) is 0. The van der Waals surface area contributed by atoms with Crippen LogP contribution in [0.5, 0.6) is 0 Å². The molecule has 0 spiro atoms. The minimum absolute atomic E-state index is 0.179. The van der Waals surface area contributed by atoms with Gasteiger partial charge in [-0.15, -0.1) is 4.52 Å². The second kappa shape index (κ2) is 2.56. The highest BCUT2D eigenvalue weighted by molar-refractivity contribution is 8.00. The zero-order chi connectivity index (χ0) is 8.55. The minimum atomic E-state index is -0.969. The average molecular weight is 183 g/mol. The van der Waals surface area contributed by atoms with Crippen LogP contribution in [0.2, 0.25) is 0 Å². The molecule has 2 rings (SSSR count). The molecule has 0 saturated heterocycles. The van der Waals surface area contributed by atoms with Gasteiger partial charge >= 0.3 is 5.97 Å². The maximum Gasteiger partial charge on any atom is 0.338 e. The number of hydrogen-bond donors (Lipinski definition) is 1. The van der Waals surface area contributed by atoms with Crippen LogP contribution >= 0.6 is 11.9 Å². The summed E-state index contributed by atoms with van der Waals surface area (Å²) < 4.78 is 1.58. The summed E-state index contributed by atoms with van der Waals surface area (Å²) in [6.07, 6.45) is 4.56. The van der Waals surface area contributed by atoms with Crippen molar-refractivity contribution in [2.45, 2.75) is 0 Å². The molecule has 0 unspecified atom stereocenters. The molecule has 6 heteroatoms. The topological polar surface area (TPSA) is 56.1 Å². The third kappa shape index (κ3) is 1.06. The van der Waals surface area contributed by atoms with E-state index in [1.54, 1.807) is 15.7 Å². The Bertz CT molecular complexity index is 310. The average Bonchev–Trinajstić information content (AvgIpc) is 2.49. The second-order valence-electron chi connectivity index (χ2n) is 2.16. The zero-order valence-electron chi connectivity index (χ0n) is 5.91. The smallest absolute Gasteiger partial charge is 0.338 e. The number of hydrogen-bond acceptors (Lipinski definition) is 5. The molecule has 2 heterocycles. The highest BCUT2D eigenvalue weighted by Gasteiger charge is 2.19. The summed E-state index contributed by atoms with van der Waals surface area (Å²) in [7, 11) is 0. The predicted molar refractivity (Wildman–Crippen MR) is 44.6 cm³/mol. The number of carboxylic acids is 1. The summed E-state index contributed by atoms with van der Waals surface area (Å²) in [5, 5.41) is 15.9. The third-order valence-electron chi connectivity index (χ3n) is 1.38. The van der Waals surface area contributed by atoms with Crippen LogP contribution in [-0.4, -0.2) is 26.8 Å². The van der Waals surface area contributed by atoms with Crippen molar-refractivity contribution in [3.63, 3.8) is 0 Å². The largest absolute Gasteiger partial charge is 0.478 e. The summed E-state index contributed by atoms with van der Waals surface area (Å²) in [6, 6.07) is 0. The van der Waals surface area contributed by atoms with Gasteiger partial charge in [-0.25, -0.2) is 9.80 Å². The molecular weight excluding hydrogens is 178 g/mol. The number of carbonyl (C=O) groups is 1. The van der Waals surface area contributed by atoms with Crippen LogP contribution in [0.1, 0.15) is 0 Å². The van der Waals surface area contributed by atoms with Gasteiger partial charge in [-0.05, 0) is 0 Å². The Morgan fingerprint density at radius 2 is 2.50 bits per heavy atom. The molecular formula is C6H5N3O2S. The standard InChI is InChI=1S/C6H5N3O2S/c10-6(11)5-3-7-9-8(4-5)1-2-12-9/h1-4H,(H,10,11). The minimum Gasteiger partial charge on any atom is -0.478 e. The molecule has 0 amide bonds. The number of fused-ring (bicyclic) bond motifs is 1. The molecule has 0 bridgehead atoms. The van der Waals surface area contributed by atoms with Crippen LogP contribution in [0.4, 0.5) is 0 Å². The first-order valence-corrected chi connectivity index (χ1v) is 4.02. The van der Waals surface area contributed by atoms with Gasteiger partial charge in [0.25, 0.3) is 0 Å². The second-order valence-corrected chi connectivity index (χ2v) is 2.97. The molecule has 12 heavy (non-hydrogen) atoms. The third-order valence-corrected chi connectivity index (χ3v) is 2.10. The molecule has 0 aromatic rings. The lowest BCUT2D eigenvalue weighted by molar-refractivity contribution is -0.132. The van der Waals surface area contributed by atoms with Crippen LogP contribution in [-0.2, 0) is 4.79 Å². The van der Waals surface area contributed by atoms with Crippen LogP contribution in [0.15, 0.2) is 28.5 Å². The highest BCUT2D eigenvalue weighted by Crippen LogP contribution is 2.26.